The normalized spacial score (nSPS) is 20.9. The zero-order chi connectivity index (χ0) is 19.1. The zero-order valence-corrected chi connectivity index (χ0v) is 17.1. The van der Waals surface area contributed by atoms with Gasteiger partial charge in [-0.2, -0.15) is 0 Å². The molecule has 5 heteroatoms. The van der Waals surface area contributed by atoms with Crippen molar-refractivity contribution in [3.05, 3.63) is 29.3 Å². The van der Waals surface area contributed by atoms with Crippen molar-refractivity contribution >= 4 is 5.96 Å². The van der Waals surface area contributed by atoms with E-state index in [0.717, 1.165) is 44.3 Å². The lowest BCUT2D eigenvalue weighted by Crippen LogP contribution is -2.50. The summed E-state index contributed by atoms with van der Waals surface area (Å²) in [6, 6.07) is 7.04. The lowest BCUT2D eigenvalue weighted by atomic mass is 9.73. The van der Waals surface area contributed by atoms with Crippen molar-refractivity contribution in [2.24, 2.45) is 4.99 Å². The van der Waals surface area contributed by atoms with Crippen LogP contribution in [-0.2, 0) is 10.2 Å². The Balaban J connectivity index is 1.75. The summed E-state index contributed by atoms with van der Waals surface area (Å²) < 4.78 is 11.4. The van der Waals surface area contributed by atoms with Gasteiger partial charge in [0.2, 0.25) is 0 Å². The van der Waals surface area contributed by atoms with Crippen LogP contribution in [0.4, 0.5) is 0 Å². The monoisotopic (exact) mass is 373 g/mol. The fraction of sp³-hybridized carbons (Fsp3) is 0.682. The summed E-state index contributed by atoms with van der Waals surface area (Å²) in [6.07, 6.45) is 8.45. The van der Waals surface area contributed by atoms with Crippen LogP contribution in [0.1, 0.15) is 56.1 Å². The molecule has 0 aromatic heterocycles. The van der Waals surface area contributed by atoms with Gasteiger partial charge in [-0.05, 0) is 38.7 Å². The second-order valence-electron chi connectivity index (χ2n) is 8.00. The number of hydrogen-bond donors (Lipinski definition) is 2. The van der Waals surface area contributed by atoms with Gasteiger partial charge in [-0.25, -0.2) is 0 Å². The first-order valence-corrected chi connectivity index (χ1v) is 10.4. The number of aliphatic imine (C=N–C) groups is 1. The summed E-state index contributed by atoms with van der Waals surface area (Å²) in [7, 11) is 3.63. The van der Waals surface area contributed by atoms with Crippen LogP contribution in [0.3, 0.4) is 0 Å². The molecule has 1 aliphatic carbocycles. The molecule has 1 aromatic rings. The molecule has 1 saturated carbocycles. The molecule has 0 radical (unpaired) electrons. The molecule has 150 valence electrons. The summed E-state index contributed by atoms with van der Waals surface area (Å²) >= 11 is 0. The largest absolute Gasteiger partial charge is 0.496 e. The van der Waals surface area contributed by atoms with Crippen LogP contribution in [-0.4, -0.2) is 45.9 Å². The van der Waals surface area contributed by atoms with Crippen molar-refractivity contribution in [1.29, 1.82) is 0 Å². The predicted molar refractivity (Wildman–Crippen MR) is 111 cm³/mol. The molecule has 2 fully saturated rings. The minimum absolute atomic E-state index is 0.000200. The van der Waals surface area contributed by atoms with Gasteiger partial charge >= 0.3 is 0 Å². The number of aryl methyl sites for hydroxylation is 1. The van der Waals surface area contributed by atoms with E-state index in [4.69, 9.17) is 9.47 Å². The Morgan fingerprint density at radius 1 is 1.22 bits per heavy atom. The van der Waals surface area contributed by atoms with Gasteiger partial charge in [-0.15, -0.1) is 0 Å². The fourth-order valence-corrected chi connectivity index (χ4v) is 4.43. The highest BCUT2D eigenvalue weighted by molar-refractivity contribution is 5.80. The van der Waals surface area contributed by atoms with Gasteiger partial charge in [0.15, 0.2) is 5.96 Å². The van der Waals surface area contributed by atoms with E-state index in [1.54, 1.807) is 7.11 Å². The molecule has 5 nitrogen and oxygen atoms in total. The maximum atomic E-state index is 5.72. The van der Waals surface area contributed by atoms with Crippen LogP contribution in [0.25, 0.3) is 0 Å². The predicted octanol–water partition coefficient (Wildman–Crippen LogP) is 3.55. The molecule has 2 N–H and O–H groups in total. The number of nitrogens with one attached hydrogen (secondary N) is 2. The minimum atomic E-state index is -0.000200. The molecule has 1 aromatic carbocycles. The van der Waals surface area contributed by atoms with Gasteiger partial charge in [0.05, 0.1) is 7.11 Å². The topological polar surface area (TPSA) is 54.9 Å². The highest BCUT2D eigenvalue weighted by atomic mass is 16.5. The Labute approximate surface area is 163 Å². The molecule has 1 saturated heterocycles. The second kappa shape index (κ2) is 9.45. The number of ether oxygens (including phenoxy) is 2. The Morgan fingerprint density at radius 3 is 2.63 bits per heavy atom. The number of rotatable bonds is 5. The van der Waals surface area contributed by atoms with E-state index in [0.29, 0.717) is 6.04 Å². The van der Waals surface area contributed by atoms with Gasteiger partial charge in [-0.1, -0.05) is 37.0 Å². The van der Waals surface area contributed by atoms with Gasteiger partial charge in [0.25, 0.3) is 0 Å². The lowest BCUT2D eigenvalue weighted by Gasteiger charge is -2.39. The van der Waals surface area contributed by atoms with Gasteiger partial charge < -0.3 is 20.1 Å². The maximum Gasteiger partial charge on any atom is 0.191 e. The van der Waals surface area contributed by atoms with Crippen LogP contribution < -0.4 is 15.4 Å². The van der Waals surface area contributed by atoms with Crippen molar-refractivity contribution in [2.45, 2.75) is 63.3 Å². The van der Waals surface area contributed by atoms with Gasteiger partial charge in [0, 0.05) is 43.8 Å². The summed E-state index contributed by atoms with van der Waals surface area (Å²) in [5.41, 5.74) is 2.55. The highest BCUT2D eigenvalue weighted by Gasteiger charge is 2.37. The fourth-order valence-electron chi connectivity index (χ4n) is 4.43. The average Bonchev–Trinajstić information content (AvgIpc) is 2.72. The minimum Gasteiger partial charge on any atom is -0.496 e. The molecule has 2 aliphatic rings. The molecule has 0 unspecified atom stereocenters. The molecular weight excluding hydrogens is 338 g/mol. The van der Waals surface area contributed by atoms with Crippen LogP contribution >= 0.6 is 0 Å². The Bertz CT molecular complexity index is 632. The van der Waals surface area contributed by atoms with Crippen LogP contribution in [0.2, 0.25) is 0 Å². The highest BCUT2D eigenvalue weighted by Crippen LogP contribution is 2.40. The smallest absolute Gasteiger partial charge is 0.191 e. The molecule has 0 bridgehead atoms. The maximum absolute atomic E-state index is 5.72. The molecule has 1 heterocycles. The van der Waals surface area contributed by atoms with E-state index in [9.17, 15) is 0 Å². The van der Waals surface area contributed by atoms with Crippen molar-refractivity contribution in [1.82, 2.24) is 10.6 Å². The SMILES string of the molecule is CN=C(NCC1(c2cc(C)ccc2OC)CCOCC1)NC1CCCCC1. The first-order chi connectivity index (χ1) is 13.2. The quantitative estimate of drug-likeness (QED) is 0.612. The van der Waals surface area contributed by atoms with Crippen molar-refractivity contribution in [3.8, 4) is 5.75 Å². The van der Waals surface area contributed by atoms with Crippen molar-refractivity contribution in [2.75, 3.05) is 33.9 Å². The van der Waals surface area contributed by atoms with E-state index in [-0.39, 0.29) is 5.41 Å². The molecule has 3 rings (SSSR count). The van der Waals surface area contributed by atoms with E-state index in [2.05, 4.69) is 40.7 Å². The van der Waals surface area contributed by atoms with E-state index in [1.807, 2.05) is 7.05 Å². The molecule has 0 amide bonds. The average molecular weight is 374 g/mol. The van der Waals surface area contributed by atoms with E-state index < -0.39 is 0 Å². The zero-order valence-electron chi connectivity index (χ0n) is 17.1. The third-order valence-corrected chi connectivity index (χ3v) is 6.14. The van der Waals surface area contributed by atoms with E-state index >= 15 is 0 Å². The third-order valence-electron chi connectivity index (χ3n) is 6.14. The Morgan fingerprint density at radius 2 is 1.96 bits per heavy atom. The van der Waals surface area contributed by atoms with E-state index in [1.165, 1.54) is 43.2 Å². The first kappa shape index (κ1) is 20.0. The van der Waals surface area contributed by atoms with Crippen molar-refractivity contribution < 1.29 is 9.47 Å². The van der Waals surface area contributed by atoms with Crippen molar-refractivity contribution in [3.63, 3.8) is 0 Å². The molecule has 0 spiro atoms. The first-order valence-electron chi connectivity index (χ1n) is 10.4. The van der Waals surface area contributed by atoms with Crippen LogP contribution in [0.5, 0.6) is 5.75 Å². The third kappa shape index (κ3) is 4.95. The standard InChI is InChI=1S/C22H35N3O2/c1-17-9-10-20(26-3)19(15-17)22(11-13-27-14-12-22)16-24-21(23-2)25-18-7-5-4-6-8-18/h9-10,15,18H,4-8,11-14,16H2,1-3H3,(H2,23,24,25). The van der Waals surface area contributed by atoms with Crippen LogP contribution in [0.15, 0.2) is 23.2 Å². The molecular formula is C22H35N3O2. The summed E-state index contributed by atoms with van der Waals surface area (Å²) in [5.74, 6) is 1.89. The van der Waals surface area contributed by atoms with Gasteiger partial charge in [-0.3, -0.25) is 4.99 Å². The lowest BCUT2D eigenvalue weighted by molar-refractivity contribution is 0.0505. The Hall–Kier alpha value is -1.75. The van der Waals surface area contributed by atoms with Crippen LogP contribution in [0, 0.1) is 6.92 Å². The molecule has 1 aliphatic heterocycles. The second-order valence-corrected chi connectivity index (χ2v) is 8.00. The number of guanidine groups is 1. The summed E-state index contributed by atoms with van der Waals surface area (Å²) in [5, 5.41) is 7.25. The summed E-state index contributed by atoms with van der Waals surface area (Å²) in [4.78, 5) is 4.48. The van der Waals surface area contributed by atoms with Gasteiger partial charge in [0.1, 0.15) is 5.75 Å². The number of hydrogen-bond acceptors (Lipinski definition) is 3. The number of nitrogens with zero attached hydrogens (tertiary/aromatic N) is 1. The Kier molecular flexibility index (Phi) is 7.00. The molecule has 0 atom stereocenters. The summed E-state index contributed by atoms with van der Waals surface area (Å²) in [6.45, 7) is 4.55. The number of benzene rings is 1. The molecule has 27 heavy (non-hydrogen) atoms. The number of methoxy groups -OCH3 is 1.